The van der Waals surface area contributed by atoms with Gasteiger partial charge in [-0.1, -0.05) is 0 Å². The monoisotopic (exact) mass is 317 g/mol. The Morgan fingerprint density at radius 2 is 1.78 bits per heavy atom. The van der Waals surface area contributed by atoms with E-state index < -0.39 is 5.60 Å². The number of nitrogen functional groups attached to an aromatic ring is 1. The Balaban J connectivity index is 1.62. The minimum absolute atomic E-state index is 0.179. The number of nitrogens with zero attached hydrogens (tertiary/aromatic N) is 2. The quantitative estimate of drug-likeness (QED) is 0.809. The zero-order chi connectivity index (χ0) is 16.8. The first-order valence-electron chi connectivity index (χ1n) is 8.32. The smallest absolute Gasteiger partial charge is 0.410 e. The van der Waals surface area contributed by atoms with Crippen LogP contribution in [0.2, 0.25) is 0 Å². The van der Waals surface area contributed by atoms with Crippen LogP contribution in [-0.4, -0.2) is 42.8 Å². The summed E-state index contributed by atoms with van der Waals surface area (Å²) in [5.41, 5.74) is 8.70. The summed E-state index contributed by atoms with van der Waals surface area (Å²) in [6.07, 6.45) is -0.179. The van der Waals surface area contributed by atoms with Crippen LogP contribution in [0.5, 0.6) is 0 Å². The molecule has 2 unspecified atom stereocenters. The van der Waals surface area contributed by atoms with E-state index in [0.717, 1.165) is 31.9 Å². The number of anilines is 2. The summed E-state index contributed by atoms with van der Waals surface area (Å²) >= 11 is 0. The molecule has 0 aliphatic carbocycles. The Hall–Kier alpha value is -1.91. The van der Waals surface area contributed by atoms with Crippen molar-refractivity contribution >= 4 is 17.5 Å². The number of hydrogen-bond donors (Lipinski definition) is 1. The van der Waals surface area contributed by atoms with Crippen LogP contribution in [-0.2, 0) is 4.74 Å². The summed E-state index contributed by atoms with van der Waals surface area (Å²) in [4.78, 5) is 16.5. The second kappa shape index (κ2) is 5.62. The number of fused-ring (bicyclic) bond motifs is 1. The van der Waals surface area contributed by atoms with Crippen molar-refractivity contribution in [3.8, 4) is 0 Å². The van der Waals surface area contributed by atoms with Crippen LogP contribution >= 0.6 is 0 Å². The fourth-order valence-corrected chi connectivity index (χ4v) is 3.70. The lowest BCUT2D eigenvalue weighted by Crippen LogP contribution is -2.37. The summed E-state index contributed by atoms with van der Waals surface area (Å²) in [7, 11) is 0. The molecule has 2 N–H and O–H groups in total. The van der Waals surface area contributed by atoms with E-state index in [-0.39, 0.29) is 6.09 Å². The van der Waals surface area contributed by atoms with Crippen molar-refractivity contribution in [3.05, 3.63) is 23.8 Å². The number of rotatable bonds is 1. The number of carbonyl (C=O) groups is 1. The van der Waals surface area contributed by atoms with Gasteiger partial charge >= 0.3 is 6.09 Å². The van der Waals surface area contributed by atoms with Crippen LogP contribution in [0, 0.1) is 18.8 Å². The zero-order valence-corrected chi connectivity index (χ0v) is 14.5. The molecule has 23 heavy (non-hydrogen) atoms. The zero-order valence-electron chi connectivity index (χ0n) is 14.5. The fraction of sp³-hybridized carbons (Fsp3) is 0.611. The fourth-order valence-electron chi connectivity index (χ4n) is 3.70. The Morgan fingerprint density at radius 3 is 2.30 bits per heavy atom. The van der Waals surface area contributed by atoms with Gasteiger partial charge in [0.25, 0.3) is 0 Å². The molecule has 1 amide bonds. The first-order chi connectivity index (χ1) is 10.7. The van der Waals surface area contributed by atoms with Gasteiger partial charge in [-0.25, -0.2) is 4.79 Å². The van der Waals surface area contributed by atoms with Gasteiger partial charge in [0, 0.05) is 49.4 Å². The average molecular weight is 317 g/mol. The molecule has 0 bridgehead atoms. The summed E-state index contributed by atoms with van der Waals surface area (Å²) in [6, 6.07) is 6.09. The molecule has 2 heterocycles. The number of benzene rings is 1. The van der Waals surface area contributed by atoms with E-state index in [1.807, 2.05) is 37.8 Å². The number of likely N-dealkylation sites (tertiary alicyclic amines) is 1. The average Bonchev–Trinajstić information content (AvgIpc) is 2.94. The van der Waals surface area contributed by atoms with Crippen LogP contribution in [0.15, 0.2) is 18.2 Å². The van der Waals surface area contributed by atoms with E-state index in [0.29, 0.717) is 11.8 Å². The third-order valence-electron chi connectivity index (χ3n) is 4.70. The molecular weight excluding hydrogens is 290 g/mol. The van der Waals surface area contributed by atoms with E-state index in [9.17, 15) is 4.79 Å². The predicted molar refractivity (Wildman–Crippen MR) is 92.6 cm³/mol. The van der Waals surface area contributed by atoms with Crippen LogP contribution in [0.3, 0.4) is 0 Å². The molecule has 0 spiro atoms. The van der Waals surface area contributed by atoms with Crippen molar-refractivity contribution in [1.82, 2.24) is 4.90 Å². The Labute approximate surface area is 138 Å². The van der Waals surface area contributed by atoms with E-state index in [2.05, 4.69) is 17.9 Å². The molecule has 5 heteroatoms. The van der Waals surface area contributed by atoms with Crippen molar-refractivity contribution in [2.45, 2.75) is 33.3 Å². The van der Waals surface area contributed by atoms with Gasteiger partial charge in [0.15, 0.2) is 0 Å². The highest BCUT2D eigenvalue weighted by Gasteiger charge is 2.42. The van der Waals surface area contributed by atoms with Crippen molar-refractivity contribution in [2.75, 3.05) is 36.8 Å². The summed E-state index contributed by atoms with van der Waals surface area (Å²) in [6.45, 7) is 11.4. The maximum absolute atomic E-state index is 12.2. The second-order valence-corrected chi connectivity index (χ2v) is 7.86. The molecule has 3 rings (SSSR count). The lowest BCUT2D eigenvalue weighted by atomic mass is 10.0. The van der Waals surface area contributed by atoms with E-state index in [1.54, 1.807) is 0 Å². The molecule has 0 radical (unpaired) electrons. The van der Waals surface area contributed by atoms with Crippen molar-refractivity contribution in [2.24, 2.45) is 11.8 Å². The highest BCUT2D eigenvalue weighted by atomic mass is 16.6. The van der Waals surface area contributed by atoms with Gasteiger partial charge in [0.05, 0.1) is 0 Å². The number of hydrogen-bond acceptors (Lipinski definition) is 4. The molecule has 5 nitrogen and oxygen atoms in total. The van der Waals surface area contributed by atoms with Crippen LogP contribution in [0.4, 0.5) is 16.2 Å². The molecular formula is C18H27N3O2. The lowest BCUT2D eigenvalue weighted by Gasteiger charge is -2.27. The van der Waals surface area contributed by atoms with Crippen LogP contribution in [0.1, 0.15) is 26.3 Å². The molecule has 2 saturated heterocycles. The predicted octanol–water partition coefficient (Wildman–Crippen LogP) is 2.88. The van der Waals surface area contributed by atoms with Crippen molar-refractivity contribution in [1.29, 1.82) is 0 Å². The summed E-state index contributed by atoms with van der Waals surface area (Å²) in [5.74, 6) is 1.05. The molecule has 2 aliphatic rings. The molecule has 0 saturated carbocycles. The number of aryl methyl sites for hydroxylation is 1. The minimum Gasteiger partial charge on any atom is -0.444 e. The molecule has 0 aromatic heterocycles. The van der Waals surface area contributed by atoms with Gasteiger partial charge in [-0.05, 0) is 51.5 Å². The number of amides is 1. The summed E-state index contributed by atoms with van der Waals surface area (Å²) in [5, 5.41) is 0. The largest absolute Gasteiger partial charge is 0.444 e. The van der Waals surface area contributed by atoms with E-state index >= 15 is 0 Å². The first kappa shape index (κ1) is 16.0. The number of ether oxygens (including phenoxy) is 1. The normalized spacial score (nSPS) is 24.0. The second-order valence-electron chi connectivity index (χ2n) is 7.86. The summed E-state index contributed by atoms with van der Waals surface area (Å²) < 4.78 is 5.49. The lowest BCUT2D eigenvalue weighted by molar-refractivity contribution is 0.0282. The van der Waals surface area contributed by atoms with Crippen LogP contribution in [0.25, 0.3) is 0 Å². The maximum Gasteiger partial charge on any atom is 0.410 e. The number of carbonyl (C=O) groups excluding carboxylic acids is 1. The topological polar surface area (TPSA) is 58.8 Å². The third kappa shape index (κ3) is 3.38. The van der Waals surface area contributed by atoms with Crippen LogP contribution < -0.4 is 10.6 Å². The molecule has 2 fully saturated rings. The van der Waals surface area contributed by atoms with Gasteiger partial charge in [-0.2, -0.15) is 0 Å². The highest BCUT2D eigenvalue weighted by Crippen LogP contribution is 2.36. The number of nitrogens with two attached hydrogens (primary N) is 1. The molecule has 1 aromatic rings. The minimum atomic E-state index is -0.429. The van der Waals surface area contributed by atoms with Crippen molar-refractivity contribution in [3.63, 3.8) is 0 Å². The molecule has 2 atom stereocenters. The third-order valence-corrected chi connectivity index (χ3v) is 4.70. The maximum atomic E-state index is 12.2. The highest BCUT2D eigenvalue weighted by molar-refractivity contribution is 5.69. The van der Waals surface area contributed by atoms with Gasteiger partial charge in [0.2, 0.25) is 0 Å². The van der Waals surface area contributed by atoms with Gasteiger partial charge in [-0.3, -0.25) is 0 Å². The van der Waals surface area contributed by atoms with Gasteiger partial charge < -0.3 is 20.3 Å². The SMILES string of the molecule is Cc1cc(N)ccc1N1CC2CN(C(=O)OC(C)(C)C)CC2C1. The standard InChI is InChI=1S/C18H27N3O2/c1-12-7-15(19)5-6-16(12)20-8-13-10-21(11-14(13)9-20)17(22)23-18(2,3)4/h5-7,13-14H,8-11,19H2,1-4H3. The van der Waals surface area contributed by atoms with E-state index in [4.69, 9.17) is 10.5 Å². The Bertz CT molecular complexity index is 595. The molecule has 2 aliphatic heterocycles. The Kier molecular flexibility index (Phi) is 3.90. The van der Waals surface area contributed by atoms with Crippen molar-refractivity contribution < 1.29 is 9.53 Å². The van der Waals surface area contributed by atoms with Gasteiger partial charge in [-0.15, -0.1) is 0 Å². The van der Waals surface area contributed by atoms with E-state index in [1.165, 1.54) is 11.3 Å². The Morgan fingerprint density at radius 1 is 1.17 bits per heavy atom. The molecule has 1 aromatic carbocycles. The van der Waals surface area contributed by atoms with Gasteiger partial charge in [0.1, 0.15) is 5.60 Å². The first-order valence-corrected chi connectivity index (χ1v) is 8.32. The molecule has 126 valence electrons.